The summed E-state index contributed by atoms with van der Waals surface area (Å²) in [5.41, 5.74) is 3.43. The van der Waals surface area contributed by atoms with Crippen molar-refractivity contribution in [2.45, 2.75) is 123 Å². The van der Waals surface area contributed by atoms with Gasteiger partial charge in [-0.2, -0.15) is 18.3 Å². The highest BCUT2D eigenvalue weighted by Crippen LogP contribution is 2.31. The number of likely N-dealkylation sites (tertiary alicyclic amines) is 1. The Morgan fingerprint density at radius 3 is 2.01 bits per heavy atom. The predicted molar refractivity (Wildman–Crippen MR) is 246 cm³/mol. The molecule has 0 unspecified atom stereocenters. The molecule has 0 spiro atoms. The first kappa shape index (κ1) is 50.0. The molecule has 2 aliphatic rings. The lowest BCUT2D eigenvalue weighted by molar-refractivity contribution is -0.144. The van der Waals surface area contributed by atoms with Gasteiger partial charge in [0.15, 0.2) is 5.82 Å². The van der Waals surface area contributed by atoms with Crippen molar-refractivity contribution in [2.24, 2.45) is 11.8 Å². The summed E-state index contributed by atoms with van der Waals surface area (Å²) in [5, 5.41) is 17.3. The van der Waals surface area contributed by atoms with Gasteiger partial charge in [0.05, 0.1) is 0 Å². The third kappa shape index (κ3) is 14.5. The third-order valence-corrected chi connectivity index (χ3v) is 11.6. The minimum Gasteiger partial charge on any atom is -0.444 e. The van der Waals surface area contributed by atoms with E-state index in [1.807, 2.05) is 69.2 Å². The molecule has 360 valence electrons. The van der Waals surface area contributed by atoms with Crippen molar-refractivity contribution in [3.63, 3.8) is 0 Å². The van der Waals surface area contributed by atoms with E-state index >= 15 is 0 Å². The fraction of sp³-hybridized carbons (Fsp3) is 0.490. The molecule has 2 fully saturated rings. The molecule has 1 saturated carbocycles. The molecule has 0 bridgehead atoms. The summed E-state index contributed by atoms with van der Waals surface area (Å²) in [7, 11) is 0. The first-order chi connectivity index (χ1) is 31.5. The molecule has 3 aromatic carbocycles. The number of H-pyrrole nitrogens is 1. The van der Waals surface area contributed by atoms with Crippen molar-refractivity contribution < 1.29 is 46.6 Å². The zero-order valence-electron chi connectivity index (χ0n) is 39.1. The molecule has 1 aromatic heterocycles. The number of piperidine rings is 1. The van der Waals surface area contributed by atoms with Gasteiger partial charge in [0.1, 0.15) is 17.2 Å². The van der Waals surface area contributed by atoms with E-state index in [1.165, 1.54) is 24.3 Å². The third-order valence-electron chi connectivity index (χ3n) is 11.6. The van der Waals surface area contributed by atoms with Crippen molar-refractivity contribution in [3.8, 4) is 22.5 Å². The molecule has 1 saturated heterocycles. The van der Waals surface area contributed by atoms with Gasteiger partial charge in [0.25, 0.3) is 5.91 Å². The second-order valence-corrected chi connectivity index (χ2v) is 19.4. The van der Waals surface area contributed by atoms with Gasteiger partial charge in [0.2, 0.25) is 17.6 Å². The Morgan fingerprint density at radius 2 is 1.43 bits per heavy atom. The van der Waals surface area contributed by atoms with E-state index in [0.29, 0.717) is 75.0 Å². The van der Waals surface area contributed by atoms with Gasteiger partial charge in [-0.25, -0.2) is 14.6 Å². The molecular formula is C49H61F3N8O7. The number of anilines is 1. The molecule has 67 heavy (non-hydrogen) atoms. The van der Waals surface area contributed by atoms with E-state index in [-0.39, 0.29) is 48.0 Å². The standard InChI is InChI=1S/C49H61F3N8O7/c1-29-26-35(42(62)54-37-22-24-60(25-23-37)46(65)67-48(5,6)7)18-21-38(29)32-12-8-30(9-13-32)27-39(56-41(61)34-14-10-31(11-15-34)28-53-45(64)66-47(2,3)4)43(63)55-36-19-16-33(17-20-36)40-57-44(59-58-40)49(50,51)52/h8-9,12-13,16-21,26,31,34,37,39H,10-11,14-15,22-25,27-28H2,1-7H3,(H,53,64)(H,54,62)(H,55,63)(H,56,61)(H,57,58,59)/t31?,34?,39-/m0/s1. The maximum Gasteiger partial charge on any atom is 0.451 e. The van der Waals surface area contributed by atoms with E-state index < -0.39 is 41.2 Å². The number of benzene rings is 3. The molecule has 5 N–H and O–H groups in total. The number of aryl methyl sites for hydroxylation is 1. The number of halogens is 3. The number of carbonyl (C=O) groups excluding carboxylic acids is 5. The van der Waals surface area contributed by atoms with Crippen LogP contribution in [-0.2, 0) is 31.7 Å². The van der Waals surface area contributed by atoms with Crippen molar-refractivity contribution in [3.05, 3.63) is 89.2 Å². The van der Waals surface area contributed by atoms with Crippen LogP contribution in [0.5, 0.6) is 0 Å². The number of aromatic nitrogens is 3. The van der Waals surface area contributed by atoms with Gasteiger partial charge in [-0.1, -0.05) is 30.3 Å². The minimum atomic E-state index is -4.69. The number of nitrogens with one attached hydrogen (secondary N) is 5. The number of nitrogens with zero attached hydrogens (tertiary/aromatic N) is 3. The van der Waals surface area contributed by atoms with Crippen LogP contribution in [0.25, 0.3) is 22.5 Å². The van der Waals surface area contributed by atoms with Gasteiger partial charge in [-0.3, -0.25) is 19.5 Å². The van der Waals surface area contributed by atoms with E-state index in [1.54, 1.807) is 31.7 Å². The molecule has 15 nitrogen and oxygen atoms in total. The van der Waals surface area contributed by atoms with E-state index in [0.717, 1.165) is 22.3 Å². The Morgan fingerprint density at radius 1 is 0.806 bits per heavy atom. The average Bonchev–Trinajstić information content (AvgIpc) is 3.77. The molecule has 18 heteroatoms. The molecule has 0 radical (unpaired) electrons. The van der Waals surface area contributed by atoms with Crippen LogP contribution in [0.1, 0.15) is 107 Å². The summed E-state index contributed by atoms with van der Waals surface area (Å²) >= 11 is 0. The quantitative estimate of drug-likeness (QED) is 0.0924. The summed E-state index contributed by atoms with van der Waals surface area (Å²) in [6, 6.07) is 18.1. The number of hydrogen-bond donors (Lipinski definition) is 5. The van der Waals surface area contributed by atoms with Crippen molar-refractivity contribution in [1.82, 2.24) is 36.0 Å². The van der Waals surface area contributed by atoms with Gasteiger partial charge < -0.3 is 35.6 Å². The van der Waals surface area contributed by atoms with Crippen LogP contribution in [0.2, 0.25) is 0 Å². The lowest BCUT2D eigenvalue weighted by atomic mass is 9.81. The number of rotatable bonds is 12. The molecule has 1 atom stereocenters. The van der Waals surface area contributed by atoms with Crippen LogP contribution in [0.4, 0.5) is 28.4 Å². The van der Waals surface area contributed by atoms with Crippen LogP contribution >= 0.6 is 0 Å². The lowest BCUT2D eigenvalue weighted by Crippen LogP contribution is -2.48. The zero-order chi connectivity index (χ0) is 48.7. The largest absolute Gasteiger partial charge is 0.451 e. The molecule has 1 aliphatic heterocycles. The van der Waals surface area contributed by atoms with E-state index in [2.05, 4.69) is 31.3 Å². The SMILES string of the molecule is Cc1cc(C(=O)NC2CCN(C(=O)OC(C)(C)C)CC2)ccc1-c1ccc(C[C@H](NC(=O)C2CCC(CNC(=O)OC(C)(C)C)CC2)C(=O)Nc2ccc(-c3n[nH]c(C(F)(F)F)n3)cc2)cc1. The summed E-state index contributed by atoms with van der Waals surface area (Å²) in [4.78, 5) is 70.9. The molecule has 2 heterocycles. The minimum absolute atomic E-state index is 0.0758. The molecular weight excluding hydrogens is 870 g/mol. The van der Waals surface area contributed by atoms with Crippen molar-refractivity contribution in [1.29, 1.82) is 0 Å². The fourth-order valence-corrected chi connectivity index (χ4v) is 8.11. The second kappa shape index (κ2) is 21.0. The Hall–Kier alpha value is -6.46. The maximum atomic E-state index is 14.0. The highest BCUT2D eigenvalue weighted by molar-refractivity contribution is 5.98. The van der Waals surface area contributed by atoms with Crippen molar-refractivity contribution in [2.75, 3.05) is 25.0 Å². The maximum absolute atomic E-state index is 14.0. The van der Waals surface area contributed by atoms with Gasteiger partial charge in [-0.05, 0) is 152 Å². The van der Waals surface area contributed by atoms with Gasteiger partial charge >= 0.3 is 18.4 Å². The zero-order valence-corrected chi connectivity index (χ0v) is 39.1. The fourth-order valence-electron chi connectivity index (χ4n) is 8.11. The number of hydrogen-bond acceptors (Lipinski definition) is 9. The summed E-state index contributed by atoms with van der Waals surface area (Å²) in [5.74, 6) is -2.50. The Bertz CT molecular complexity index is 2370. The number of ether oxygens (including phenoxy) is 2. The van der Waals surface area contributed by atoms with Crippen LogP contribution < -0.4 is 21.3 Å². The predicted octanol–water partition coefficient (Wildman–Crippen LogP) is 8.59. The van der Waals surface area contributed by atoms with Crippen LogP contribution in [0.15, 0.2) is 66.7 Å². The molecule has 6 rings (SSSR count). The van der Waals surface area contributed by atoms with Crippen LogP contribution in [-0.4, -0.2) is 92.9 Å². The smallest absolute Gasteiger partial charge is 0.444 e. The summed E-state index contributed by atoms with van der Waals surface area (Å²) in [6.07, 6.45) is -1.59. The highest BCUT2D eigenvalue weighted by Gasteiger charge is 2.36. The van der Waals surface area contributed by atoms with Gasteiger partial charge in [-0.15, -0.1) is 0 Å². The van der Waals surface area contributed by atoms with Crippen LogP contribution in [0.3, 0.4) is 0 Å². The normalized spacial score (nSPS) is 17.5. The number of alkyl carbamates (subject to hydrolysis) is 1. The number of amides is 5. The second-order valence-electron chi connectivity index (χ2n) is 19.4. The van der Waals surface area contributed by atoms with Gasteiger partial charge in [0, 0.05) is 54.8 Å². The lowest BCUT2D eigenvalue weighted by Gasteiger charge is -2.33. The number of aromatic amines is 1. The van der Waals surface area contributed by atoms with E-state index in [9.17, 15) is 37.1 Å². The first-order valence-corrected chi connectivity index (χ1v) is 22.7. The molecule has 4 aromatic rings. The summed E-state index contributed by atoms with van der Waals surface area (Å²) in [6.45, 7) is 14.2. The monoisotopic (exact) mass is 930 g/mol. The number of alkyl halides is 3. The molecule has 5 amide bonds. The van der Waals surface area contributed by atoms with Crippen LogP contribution in [0, 0.1) is 18.8 Å². The highest BCUT2D eigenvalue weighted by atomic mass is 19.4. The Labute approximate surface area is 388 Å². The van der Waals surface area contributed by atoms with E-state index in [4.69, 9.17) is 9.47 Å². The number of carbonyl (C=O) groups is 5. The topological polar surface area (TPSA) is 197 Å². The average molecular weight is 931 g/mol. The summed E-state index contributed by atoms with van der Waals surface area (Å²) < 4.78 is 50.1. The van der Waals surface area contributed by atoms with Crippen molar-refractivity contribution >= 4 is 35.6 Å². The Balaban J connectivity index is 1.09. The Kier molecular flexibility index (Phi) is 15.7. The molecule has 1 aliphatic carbocycles. The first-order valence-electron chi connectivity index (χ1n) is 22.7.